The maximum atomic E-state index is 6.12. The van der Waals surface area contributed by atoms with Crippen LogP contribution in [0, 0.1) is 0 Å². The molecule has 1 heterocycles. The molecule has 0 bridgehead atoms. The number of nitrogens with zero attached hydrogens (tertiary/aromatic N) is 2. The molecule has 0 aliphatic carbocycles. The molecule has 22 heavy (non-hydrogen) atoms. The number of aromatic amines is 1. The van der Waals surface area contributed by atoms with Gasteiger partial charge in [-0.05, 0) is 42.5 Å². The zero-order valence-electron chi connectivity index (χ0n) is 11.6. The third kappa shape index (κ3) is 3.16. The van der Waals surface area contributed by atoms with Crippen molar-refractivity contribution in [1.29, 1.82) is 0 Å². The molecule has 0 unspecified atom stereocenters. The van der Waals surface area contributed by atoms with Gasteiger partial charge >= 0.3 is 0 Å². The number of anilines is 2. The quantitative estimate of drug-likeness (QED) is 0.735. The van der Waals surface area contributed by atoms with E-state index in [1.165, 1.54) is 0 Å². The number of rotatable bonds is 4. The van der Waals surface area contributed by atoms with Crippen molar-refractivity contribution in [3.8, 4) is 17.1 Å². The first-order valence-corrected chi connectivity index (χ1v) is 7.20. The van der Waals surface area contributed by atoms with E-state index in [-0.39, 0.29) is 0 Å². The number of H-pyrrole nitrogens is 1. The van der Waals surface area contributed by atoms with Gasteiger partial charge in [0.1, 0.15) is 5.75 Å². The molecule has 0 aliphatic heterocycles. The lowest BCUT2D eigenvalue weighted by Gasteiger charge is -2.03. The van der Waals surface area contributed by atoms with Crippen LogP contribution in [-0.2, 0) is 0 Å². The molecule has 0 aliphatic rings. The highest BCUT2D eigenvalue weighted by molar-refractivity contribution is 6.32. The number of nitrogens with one attached hydrogen (secondary N) is 2. The molecule has 0 saturated carbocycles. The van der Waals surface area contributed by atoms with E-state index in [0.717, 1.165) is 11.3 Å². The van der Waals surface area contributed by atoms with E-state index in [2.05, 4.69) is 20.5 Å². The summed E-state index contributed by atoms with van der Waals surface area (Å²) in [4.78, 5) is 4.38. The molecule has 0 saturated heterocycles. The predicted octanol–water partition coefficient (Wildman–Crippen LogP) is 4.53. The second kappa shape index (κ2) is 6.25. The molecule has 0 radical (unpaired) electrons. The van der Waals surface area contributed by atoms with Crippen molar-refractivity contribution in [3.05, 3.63) is 52.5 Å². The Hall–Kier alpha value is -2.24. The van der Waals surface area contributed by atoms with Gasteiger partial charge in [-0.3, -0.25) is 5.10 Å². The van der Waals surface area contributed by atoms with Crippen LogP contribution in [0.3, 0.4) is 0 Å². The smallest absolute Gasteiger partial charge is 0.246 e. The molecule has 2 aromatic carbocycles. The van der Waals surface area contributed by atoms with E-state index < -0.39 is 0 Å². The third-order valence-electron chi connectivity index (χ3n) is 3.01. The van der Waals surface area contributed by atoms with Crippen LogP contribution in [0.4, 0.5) is 11.6 Å². The summed E-state index contributed by atoms with van der Waals surface area (Å²) in [6.45, 7) is 0. The lowest BCUT2D eigenvalue weighted by molar-refractivity contribution is 0.415. The topological polar surface area (TPSA) is 62.8 Å². The van der Waals surface area contributed by atoms with Crippen LogP contribution < -0.4 is 10.1 Å². The number of aromatic nitrogens is 3. The Balaban J connectivity index is 1.81. The predicted molar refractivity (Wildman–Crippen MR) is 88.1 cm³/mol. The molecule has 2 N–H and O–H groups in total. The minimum atomic E-state index is 0.462. The Morgan fingerprint density at radius 2 is 1.86 bits per heavy atom. The second-order valence-electron chi connectivity index (χ2n) is 4.49. The summed E-state index contributed by atoms with van der Waals surface area (Å²) in [5.41, 5.74) is 1.67. The van der Waals surface area contributed by atoms with Crippen LogP contribution in [0.15, 0.2) is 42.5 Å². The maximum Gasteiger partial charge on any atom is 0.246 e. The van der Waals surface area contributed by atoms with E-state index in [9.17, 15) is 0 Å². The summed E-state index contributed by atoms with van der Waals surface area (Å²) >= 11 is 12.0. The molecule has 0 atom stereocenters. The Morgan fingerprint density at radius 3 is 2.55 bits per heavy atom. The van der Waals surface area contributed by atoms with Gasteiger partial charge in [-0.1, -0.05) is 23.2 Å². The van der Waals surface area contributed by atoms with Crippen molar-refractivity contribution in [2.45, 2.75) is 0 Å². The van der Waals surface area contributed by atoms with Crippen LogP contribution in [-0.4, -0.2) is 22.3 Å². The Labute approximate surface area is 137 Å². The van der Waals surface area contributed by atoms with Gasteiger partial charge in [-0.25, -0.2) is 0 Å². The molecule has 0 fully saturated rings. The van der Waals surface area contributed by atoms with Crippen molar-refractivity contribution in [3.63, 3.8) is 0 Å². The monoisotopic (exact) mass is 334 g/mol. The molecule has 5 nitrogen and oxygen atoms in total. The third-order valence-corrected chi connectivity index (χ3v) is 3.56. The van der Waals surface area contributed by atoms with E-state index in [0.29, 0.717) is 27.6 Å². The van der Waals surface area contributed by atoms with Crippen molar-refractivity contribution in [2.75, 3.05) is 12.4 Å². The number of ether oxygens (including phenoxy) is 1. The second-order valence-corrected chi connectivity index (χ2v) is 5.33. The summed E-state index contributed by atoms with van der Waals surface area (Å²) in [6, 6.07) is 12.7. The van der Waals surface area contributed by atoms with Crippen LogP contribution in [0.25, 0.3) is 11.4 Å². The van der Waals surface area contributed by atoms with Crippen molar-refractivity contribution >= 4 is 34.8 Å². The summed E-state index contributed by atoms with van der Waals surface area (Å²) in [6.07, 6.45) is 0. The fourth-order valence-corrected chi connectivity index (χ4v) is 2.31. The Bertz CT molecular complexity index is 786. The van der Waals surface area contributed by atoms with Crippen LogP contribution in [0.1, 0.15) is 0 Å². The van der Waals surface area contributed by atoms with Gasteiger partial charge in [-0.15, -0.1) is 5.10 Å². The largest absolute Gasteiger partial charge is 0.495 e. The molecule has 1 aromatic heterocycles. The van der Waals surface area contributed by atoms with Gasteiger partial charge in [0, 0.05) is 16.3 Å². The summed E-state index contributed by atoms with van der Waals surface area (Å²) in [5.74, 6) is 1.69. The number of hydrogen-bond acceptors (Lipinski definition) is 4. The van der Waals surface area contributed by atoms with Gasteiger partial charge in [0.05, 0.1) is 12.1 Å². The average Bonchev–Trinajstić information content (AvgIpc) is 2.98. The molecular formula is C15H12Cl2N4O. The first kappa shape index (κ1) is 14.7. The molecular weight excluding hydrogens is 323 g/mol. The Morgan fingerprint density at radius 1 is 1.09 bits per heavy atom. The molecule has 3 rings (SSSR count). The maximum absolute atomic E-state index is 6.12. The lowest BCUT2D eigenvalue weighted by Crippen LogP contribution is -1.91. The zero-order valence-corrected chi connectivity index (χ0v) is 13.1. The fourth-order valence-electron chi connectivity index (χ4n) is 1.92. The Kier molecular flexibility index (Phi) is 4.18. The van der Waals surface area contributed by atoms with Crippen molar-refractivity contribution in [1.82, 2.24) is 15.2 Å². The minimum Gasteiger partial charge on any atom is -0.495 e. The minimum absolute atomic E-state index is 0.462. The number of benzene rings is 2. The van der Waals surface area contributed by atoms with E-state index in [4.69, 9.17) is 27.9 Å². The molecule has 7 heteroatoms. The van der Waals surface area contributed by atoms with E-state index >= 15 is 0 Å². The first-order chi connectivity index (χ1) is 10.7. The summed E-state index contributed by atoms with van der Waals surface area (Å²) in [7, 11) is 1.57. The SMILES string of the molecule is COc1ccc(-c2nc(Nc3ccc(Cl)cc3)n[nH]2)cc1Cl. The molecule has 112 valence electrons. The van der Waals surface area contributed by atoms with Gasteiger partial charge in [0.15, 0.2) is 5.82 Å². The lowest BCUT2D eigenvalue weighted by atomic mass is 10.2. The molecule has 0 spiro atoms. The van der Waals surface area contributed by atoms with Crippen LogP contribution in [0.5, 0.6) is 5.75 Å². The van der Waals surface area contributed by atoms with Crippen LogP contribution in [0.2, 0.25) is 10.0 Å². The van der Waals surface area contributed by atoms with Gasteiger partial charge < -0.3 is 10.1 Å². The van der Waals surface area contributed by atoms with Crippen molar-refractivity contribution in [2.24, 2.45) is 0 Å². The van der Waals surface area contributed by atoms with E-state index in [1.54, 1.807) is 31.4 Å². The summed E-state index contributed by atoms with van der Waals surface area (Å²) < 4.78 is 5.13. The van der Waals surface area contributed by atoms with Gasteiger partial charge in [0.2, 0.25) is 5.95 Å². The zero-order chi connectivity index (χ0) is 15.5. The van der Waals surface area contributed by atoms with E-state index in [1.807, 2.05) is 18.2 Å². The fraction of sp³-hybridized carbons (Fsp3) is 0.0667. The molecule has 0 amide bonds. The standard InChI is InChI=1S/C15H12Cl2N4O/c1-22-13-7-2-9(8-12(13)17)14-19-15(21-20-14)18-11-5-3-10(16)4-6-11/h2-8H,1H3,(H2,18,19,20,21). The number of hydrogen-bond donors (Lipinski definition) is 2. The van der Waals surface area contributed by atoms with Gasteiger partial charge in [-0.2, -0.15) is 4.98 Å². The molecule has 3 aromatic rings. The highest BCUT2D eigenvalue weighted by Gasteiger charge is 2.08. The summed E-state index contributed by atoms with van der Waals surface area (Å²) in [5, 5.41) is 11.3. The average molecular weight is 335 g/mol. The normalized spacial score (nSPS) is 10.5. The highest BCUT2D eigenvalue weighted by Crippen LogP contribution is 2.29. The highest BCUT2D eigenvalue weighted by atomic mass is 35.5. The van der Waals surface area contributed by atoms with Gasteiger partial charge in [0.25, 0.3) is 0 Å². The van der Waals surface area contributed by atoms with Crippen LogP contribution >= 0.6 is 23.2 Å². The first-order valence-electron chi connectivity index (χ1n) is 6.44. The number of halogens is 2. The number of methoxy groups -OCH3 is 1. The van der Waals surface area contributed by atoms with Crippen molar-refractivity contribution < 1.29 is 4.74 Å².